The second kappa shape index (κ2) is 4.95. The summed E-state index contributed by atoms with van der Waals surface area (Å²) in [6, 6.07) is 6.32. The Morgan fingerprint density at radius 2 is 2.00 bits per heavy atom. The molecule has 0 bridgehead atoms. The van der Waals surface area contributed by atoms with Crippen LogP contribution in [-0.4, -0.2) is 6.54 Å². The van der Waals surface area contributed by atoms with Crippen LogP contribution in [0.15, 0.2) is 12.1 Å². The Morgan fingerprint density at radius 3 is 2.53 bits per heavy atom. The predicted molar refractivity (Wildman–Crippen MR) is 62.7 cm³/mol. The molecule has 0 aliphatic rings. The molecule has 1 unspecified atom stereocenters. The SMILES string of the molecule is Cc1cc(C)c(C(C)CCN)cc1C#N. The molecule has 0 aliphatic heterocycles. The van der Waals surface area contributed by atoms with E-state index in [-0.39, 0.29) is 0 Å². The van der Waals surface area contributed by atoms with E-state index in [4.69, 9.17) is 11.0 Å². The van der Waals surface area contributed by atoms with Crippen molar-refractivity contribution in [2.24, 2.45) is 5.73 Å². The first kappa shape index (κ1) is 11.7. The van der Waals surface area contributed by atoms with E-state index < -0.39 is 0 Å². The fourth-order valence-electron chi connectivity index (χ4n) is 1.93. The molecule has 1 aromatic rings. The largest absolute Gasteiger partial charge is 0.330 e. The van der Waals surface area contributed by atoms with Gasteiger partial charge in [-0.1, -0.05) is 13.0 Å². The average Bonchev–Trinajstić information content (AvgIpc) is 2.18. The Kier molecular flexibility index (Phi) is 3.88. The topological polar surface area (TPSA) is 49.8 Å². The summed E-state index contributed by atoms with van der Waals surface area (Å²) in [6.45, 7) is 6.92. The van der Waals surface area contributed by atoms with Crippen molar-refractivity contribution >= 4 is 0 Å². The lowest BCUT2D eigenvalue weighted by Gasteiger charge is -2.15. The molecule has 0 heterocycles. The first-order chi connectivity index (χ1) is 7.10. The van der Waals surface area contributed by atoms with Crippen LogP contribution in [0.3, 0.4) is 0 Å². The monoisotopic (exact) mass is 202 g/mol. The maximum absolute atomic E-state index is 8.97. The van der Waals surface area contributed by atoms with Gasteiger partial charge in [0.15, 0.2) is 0 Å². The molecule has 1 aromatic carbocycles. The van der Waals surface area contributed by atoms with E-state index in [1.807, 2.05) is 13.0 Å². The van der Waals surface area contributed by atoms with Crippen molar-refractivity contribution < 1.29 is 0 Å². The summed E-state index contributed by atoms with van der Waals surface area (Å²) in [4.78, 5) is 0. The minimum atomic E-state index is 0.433. The van der Waals surface area contributed by atoms with E-state index in [0.29, 0.717) is 12.5 Å². The van der Waals surface area contributed by atoms with Gasteiger partial charge in [-0.15, -0.1) is 0 Å². The molecule has 15 heavy (non-hydrogen) atoms. The highest BCUT2D eigenvalue weighted by Crippen LogP contribution is 2.25. The molecule has 0 spiro atoms. The molecule has 0 aliphatic carbocycles. The molecule has 0 saturated carbocycles. The molecule has 80 valence electrons. The Labute approximate surface area is 91.7 Å². The standard InChI is InChI=1S/C13H18N2/c1-9(4-5-14)13-7-12(8-15)10(2)6-11(13)3/h6-7,9H,4-5,14H2,1-3H3. The first-order valence-electron chi connectivity index (χ1n) is 5.31. The van der Waals surface area contributed by atoms with Gasteiger partial charge in [0.1, 0.15) is 0 Å². The lowest BCUT2D eigenvalue weighted by Crippen LogP contribution is -2.06. The minimum absolute atomic E-state index is 0.433. The highest BCUT2D eigenvalue weighted by atomic mass is 14.5. The van der Waals surface area contributed by atoms with Crippen molar-refractivity contribution in [2.45, 2.75) is 33.1 Å². The third-order valence-electron chi connectivity index (χ3n) is 2.86. The maximum Gasteiger partial charge on any atom is 0.0994 e. The molecule has 2 heteroatoms. The zero-order valence-corrected chi connectivity index (χ0v) is 9.67. The molecule has 0 amide bonds. The lowest BCUT2D eigenvalue weighted by molar-refractivity contribution is 0.686. The van der Waals surface area contributed by atoms with Gasteiger partial charge >= 0.3 is 0 Å². The number of hydrogen-bond acceptors (Lipinski definition) is 2. The van der Waals surface area contributed by atoms with E-state index in [9.17, 15) is 0 Å². The second-order valence-corrected chi connectivity index (χ2v) is 4.11. The highest BCUT2D eigenvalue weighted by Gasteiger charge is 2.10. The van der Waals surface area contributed by atoms with Gasteiger partial charge in [-0.25, -0.2) is 0 Å². The third kappa shape index (κ3) is 2.57. The van der Waals surface area contributed by atoms with Crippen molar-refractivity contribution in [1.29, 1.82) is 5.26 Å². The van der Waals surface area contributed by atoms with Gasteiger partial charge in [0, 0.05) is 0 Å². The number of benzene rings is 1. The average molecular weight is 202 g/mol. The lowest BCUT2D eigenvalue weighted by atomic mass is 9.90. The molecule has 0 fully saturated rings. The van der Waals surface area contributed by atoms with E-state index >= 15 is 0 Å². The number of hydrogen-bond donors (Lipinski definition) is 1. The molecule has 2 nitrogen and oxygen atoms in total. The quantitative estimate of drug-likeness (QED) is 0.819. The molecule has 0 aromatic heterocycles. The van der Waals surface area contributed by atoms with Gasteiger partial charge in [-0.2, -0.15) is 5.26 Å². The first-order valence-corrected chi connectivity index (χ1v) is 5.31. The highest BCUT2D eigenvalue weighted by molar-refractivity contribution is 5.44. The normalized spacial score (nSPS) is 12.2. The van der Waals surface area contributed by atoms with Gasteiger partial charge in [-0.05, 0) is 55.5 Å². The number of aryl methyl sites for hydroxylation is 2. The van der Waals surface area contributed by atoms with Gasteiger partial charge in [-0.3, -0.25) is 0 Å². The van der Waals surface area contributed by atoms with E-state index in [1.165, 1.54) is 11.1 Å². The Balaban J connectivity index is 3.14. The maximum atomic E-state index is 8.97. The van der Waals surface area contributed by atoms with Gasteiger partial charge in [0.2, 0.25) is 0 Å². The fraction of sp³-hybridized carbons (Fsp3) is 0.462. The van der Waals surface area contributed by atoms with Crippen molar-refractivity contribution in [2.75, 3.05) is 6.54 Å². The van der Waals surface area contributed by atoms with Crippen LogP contribution in [0.25, 0.3) is 0 Å². The summed E-state index contributed by atoms with van der Waals surface area (Å²) in [5.74, 6) is 0.433. The summed E-state index contributed by atoms with van der Waals surface area (Å²) < 4.78 is 0. The Hall–Kier alpha value is -1.33. The van der Waals surface area contributed by atoms with Crippen molar-refractivity contribution in [3.05, 3.63) is 34.4 Å². The van der Waals surface area contributed by atoms with Crippen LogP contribution in [-0.2, 0) is 0 Å². The molecule has 2 N–H and O–H groups in total. The van der Waals surface area contributed by atoms with Crippen LogP contribution in [0.1, 0.15) is 41.5 Å². The number of rotatable bonds is 3. The Bertz CT molecular complexity index is 388. The van der Waals surface area contributed by atoms with Crippen LogP contribution in [0.5, 0.6) is 0 Å². The molecule has 0 saturated heterocycles. The molecular weight excluding hydrogens is 184 g/mol. The molecule has 0 radical (unpaired) electrons. The zero-order valence-electron chi connectivity index (χ0n) is 9.67. The smallest absolute Gasteiger partial charge is 0.0994 e. The fourth-order valence-corrected chi connectivity index (χ4v) is 1.93. The van der Waals surface area contributed by atoms with Crippen LogP contribution in [0, 0.1) is 25.2 Å². The summed E-state index contributed by atoms with van der Waals surface area (Å²) in [5, 5.41) is 8.97. The summed E-state index contributed by atoms with van der Waals surface area (Å²) in [5.41, 5.74) is 9.89. The van der Waals surface area contributed by atoms with Crippen LogP contribution < -0.4 is 5.73 Å². The number of nitrogens with zero attached hydrogens (tertiary/aromatic N) is 1. The summed E-state index contributed by atoms with van der Waals surface area (Å²) in [6.07, 6.45) is 0.967. The molecule has 1 rings (SSSR count). The van der Waals surface area contributed by atoms with Crippen molar-refractivity contribution in [3.8, 4) is 6.07 Å². The van der Waals surface area contributed by atoms with E-state index in [1.54, 1.807) is 0 Å². The van der Waals surface area contributed by atoms with E-state index in [0.717, 1.165) is 17.5 Å². The summed E-state index contributed by atoms with van der Waals surface area (Å²) in [7, 11) is 0. The van der Waals surface area contributed by atoms with Crippen LogP contribution >= 0.6 is 0 Å². The molecule has 1 atom stereocenters. The molecular formula is C13H18N2. The van der Waals surface area contributed by atoms with Crippen molar-refractivity contribution in [1.82, 2.24) is 0 Å². The number of nitrogens with two attached hydrogens (primary N) is 1. The Morgan fingerprint density at radius 1 is 1.33 bits per heavy atom. The number of nitriles is 1. The zero-order chi connectivity index (χ0) is 11.4. The third-order valence-corrected chi connectivity index (χ3v) is 2.86. The van der Waals surface area contributed by atoms with Crippen LogP contribution in [0.2, 0.25) is 0 Å². The van der Waals surface area contributed by atoms with Crippen molar-refractivity contribution in [3.63, 3.8) is 0 Å². The van der Waals surface area contributed by atoms with Gasteiger partial charge in [0.25, 0.3) is 0 Å². The van der Waals surface area contributed by atoms with Crippen LogP contribution in [0.4, 0.5) is 0 Å². The van der Waals surface area contributed by atoms with Gasteiger partial charge in [0.05, 0.1) is 11.6 Å². The minimum Gasteiger partial charge on any atom is -0.330 e. The van der Waals surface area contributed by atoms with E-state index in [2.05, 4.69) is 26.0 Å². The predicted octanol–water partition coefficient (Wildman–Crippen LogP) is 2.63. The summed E-state index contributed by atoms with van der Waals surface area (Å²) >= 11 is 0. The van der Waals surface area contributed by atoms with Gasteiger partial charge < -0.3 is 5.73 Å². The second-order valence-electron chi connectivity index (χ2n) is 4.11.